The maximum atomic E-state index is 6.93. The predicted molar refractivity (Wildman–Crippen MR) is 143 cm³/mol. The fourth-order valence-corrected chi connectivity index (χ4v) is 8.14. The van der Waals surface area contributed by atoms with Crippen LogP contribution < -0.4 is 0 Å². The Balaban J connectivity index is 6.13. The topological polar surface area (TPSA) is 36.9 Å². The Kier molecular flexibility index (Phi) is 12.5. The van der Waals surface area contributed by atoms with Gasteiger partial charge in [-0.1, -0.05) is 27.7 Å². The Morgan fingerprint density at radius 1 is 0.433 bits per heavy atom. The molecule has 0 aromatic carbocycles. The number of rotatable bonds is 15. The molecule has 0 aliphatic carbocycles. The lowest BCUT2D eigenvalue weighted by Gasteiger charge is -2.45. The van der Waals surface area contributed by atoms with Gasteiger partial charge >= 0.3 is 0 Å². The van der Waals surface area contributed by atoms with E-state index in [2.05, 4.69) is 93.9 Å². The third kappa shape index (κ3) is 11.0. The van der Waals surface area contributed by atoms with Crippen LogP contribution >= 0.6 is 0 Å². The van der Waals surface area contributed by atoms with Gasteiger partial charge < -0.3 is 17.7 Å². The summed E-state index contributed by atoms with van der Waals surface area (Å²) in [5.74, 6) is 0. The van der Waals surface area contributed by atoms with Crippen molar-refractivity contribution >= 4 is 33.3 Å². The van der Waals surface area contributed by atoms with E-state index in [1.807, 2.05) is 0 Å². The van der Waals surface area contributed by atoms with Gasteiger partial charge in [-0.15, -0.1) is 0 Å². The van der Waals surface area contributed by atoms with Gasteiger partial charge in [0.15, 0.2) is 33.3 Å². The summed E-state index contributed by atoms with van der Waals surface area (Å²) in [5, 5.41) is 0. The minimum atomic E-state index is -1.82. The lowest BCUT2D eigenvalue weighted by atomic mass is 10.1. The fraction of sp³-hybridized carbons (Fsp3) is 1.00. The van der Waals surface area contributed by atoms with Gasteiger partial charge in [0.05, 0.1) is 24.4 Å². The summed E-state index contributed by atoms with van der Waals surface area (Å²) >= 11 is 0. The van der Waals surface area contributed by atoms with E-state index in [0.29, 0.717) is 0 Å². The van der Waals surface area contributed by atoms with Gasteiger partial charge in [0, 0.05) is 0 Å². The quantitative estimate of drug-likeness (QED) is 0.221. The van der Waals surface area contributed by atoms with Crippen LogP contribution in [0.4, 0.5) is 0 Å². The molecule has 0 aliphatic rings. The smallest absolute Gasteiger partial charge is 0.187 e. The maximum absolute atomic E-state index is 6.93. The molecule has 0 aliphatic heterocycles. The highest BCUT2D eigenvalue weighted by molar-refractivity contribution is 6.72. The fourth-order valence-electron chi connectivity index (χ4n) is 3.07. The molecule has 0 rings (SSSR count). The molecule has 0 amide bonds. The molecule has 0 radical (unpaired) electrons. The van der Waals surface area contributed by atoms with Crippen molar-refractivity contribution < 1.29 is 17.7 Å². The highest BCUT2D eigenvalue weighted by Gasteiger charge is 2.43. The summed E-state index contributed by atoms with van der Waals surface area (Å²) in [5.41, 5.74) is 0. The maximum Gasteiger partial charge on any atom is 0.187 e. The molecule has 4 atom stereocenters. The molecule has 0 heterocycles. The van der Waals surface area contributed by atoms with E-state index in [4.69, 9.17) is 17.7 Å². The molecule has 4 nitrogen and oxygen atoms in total. The lowest BCUT2D eigenvalue weighted by Crippen LogP contribution is -2.57. The Bertz CT molecular complexity index is 454. The first-order chi connectivity index (χ1) is 13.4. The first-order valence-corrected chi connectivity index (χ1v) is 24.6. The van der Waals surface area contributed by atoms with Gasteiger partial charge in [0.2, 0.25) is 0 Å². The minimum absolute atomic E-state index is 0.00551. The highest BCUT2D eigenvalue weighted by Crippen LogP contribution is 2.30. The van der Waals surface area contributed by atoms with E-state index in [1.54, 1.807) is 0 Å². The van der Waals surface area contributed by atoms with Crippen LogP contribution in [-0.4, -0.2) is 57.7 Å². The molecular formula is C22H54O4Si4. The van der Waals surface area contributed by atoms with Crippen LogP contribution in [0.15, 0.2) is 0 Å². The third-order valence-electron chi connectivity index (χ3n) is 6.57. The first-order valence-electron chi connectivity index (χ1n) is 12.2. The summed E-state index contributed by atoms with van der Waals surface area (Å²) in [6.07, 6.45) is -0.206. The van der Waals surface area contributed by atoms with Crippen molar-refractivity contribution in [1.29, 1.82) is 0 Å². The molecule has 0 aromatic rings. The standard InChI is InChI=1S/C22H54O4Si4/c1-15-27(7,8)23-19(5)21(25-29(11,12)17-3)22(26-30(13,14)18-4)20(6)24-28(9,10)16-2/h19-22H,15-18H2,1-14H3/t19-,20+,21-,22-/m1/s1. The zero-order valence-corrected chi connectivity index (χ0v) is 26.8. The van der Waals surface area contributed by atoms with Gasteiger partial charge in [-0.25, -0.2) is 0 Å². The first kappa shape index (κ1) is 30.7. The zero-order valence-electron chi connectivity index (χ0n) is 22.8. The van der Waals surface area contributed by atoms with Crippen molar-refractivity contribution in [2.75, 3.05) is 0 Å². The van der Waals surface area contributed by atoms with E-state index in [9.17, 15) is 0 Å². The van der Waals surface area contributed by atoms with Crippen LogP contribution in [0, 0.1) is 0 Å². The van der Waals surface area contributed by atoms with Crippen molar-refractivity contribution in [2.24, 2.45) is 0 Å². The molecule has 30 heavy (non-hydrogen) atoms. The van der Waals surface area contributed by atoms with E-state index in [0.717, 1.165) is 24.2 Å². The van der Waals surface area contributed by atoms with Gasteiger partial charge in [-0.3, -0.25) is 0 Å². The molecule has 182 valence electrons. The molecule has 0 saturated carbocycles. The molecular weight excluding hydrogens is 441 g/mol. The predicted octanol–water partition coefficient (Wildman–Crippen LogP) is 7.47. The molecule has 0 aromatic heterocycles. The lowest BCUT2D eigenvalue weighted by molar-refractivity contribution is -0.0696. The van der Waals surface area contributed by atoms with Crippen LogP contribution in [0.2, 0.25) is 76.6 Å². The molecule has 0 fully saturated rings. The molecule has 0 N–H and O–H groups in total. The van der Waals surface area contributed by atoms with Crippen molar-refractivity contribution in [3.8, 4) is 0 Å². The molecule has 0 unspecified atom stereocenters. The summed E-state index contributed by atoms with van der Waals surface area (Å²) in [7, 11) is -7.11. The Morgan fingerprint density at radius 2 is 0.633 bits per heavy atom. The average molecular weight is 495 g/mol. The molecule has 8 heteroatoms. The SMILES string of the molecule is CC[Si](C)(C)O[C@@H]([C@H](O[Si](C)(C)CC)[C@@H](C)O[Si](C)(C)CC)[C@H](C)O[Si](C)(C)CC. The summed E-state index contributed by atoms with van der Waals surface area (Å²) in [4.78, 5) is 0. The Labute approximate surface area is 193 Å². The second-order valence-electron chi connectivity index (χ2n) is 11.3. The molecule has 0 saturated heterocycles. The van der Waals surface area contributed by atoms with Gasteiger partial charge in [-0.05, 0) is 90.4 Å². The Hall–Kier alpha value is 0.708. The van der Waals surface area contributed by atoms with Crippen molar-refractivity contribution in [3.05, 3.63) is 0 Å². The van der Waals surface area contributed by atoms with Gasteiger partial charge in [-0.2, -0.15) is 0 Å². The molecule has 0 spiro atoms. The highest BCUT2D eigenvalue weighted by atomic mass is 28.4. The minimum Gasteiger partial charge on any atom is -0.412 e. The van der Waals surface area contributed by atoms with E-state index < -0.39 is 33.3 Å². The number of hydrogen-bond acceptors (Lipinski definition) is 4. The van der Waals surface area contributed by atoms with E-state index in [1.165, 1.54) is 0 Å². The average Bonchev–Trinajstić information content (AvgIpc) is 2.63. The second-order valence-corrected chi connectivity index (χ2v) is 29.1. The monoisotopic (exact) mass is 494 g/mol. The van der Waals surface area contributed by atoms with Crippen molar-refractivity contribution in [1.82, 2.24) is 0 Å². The van der Waals surface area contributed by atoms with Crippen LogP contribution in [0.25, 0.3) is 0 Å². The normalized spacial score (nSPS) is 18.2. The molecule has 0 bridgehead atoms. The second kappa shape index (κ2) is 12.2. The summed E-state index contributed by atoms with van der Waals surface area (Å²) in [6.45, 7) is 31.8. The largest absolute Gasteiger partial charge is 0.412 e. The van der Waals surface area contributed by atoms with Crippen molar-refractivity contribution in [3.63, 3.8) is 0 Å². The van der Waals surface area contributed by atoms with Crippen LogP contribution in [0.1, 0.15) is 41.5 Å². The number of hydrogen-bond donors (Lipinski definition) is 0. The summed E-state index contributed by atoms with van der Waals surface area (Å²) in [6, 6.07) is 4.36. The van der Waals surface area contributed by atoms with Crippen LogP contribution in [-0.2, 0) is 17.7 Å². The van der Waals surface area contributed by atoms with Crippen LogP contribution in [0.5, 0.6) is 0 Å². The van der Waals surface area contributed by atoms with E-state index >= 15 is 0 Å². The van der Waals surface area contributed by atoms with Crippen LogP contribution in [0.3, 0.4) is 0 Å². The summed E-state index contributed by atoms with van der Waals surface area (Å²) < 4.78 is 27.3. The Morgan fingerprint density at radius 3 is 0.833 bits per heavy atom. The van der Waals surface area contributed by atoms with Gasteiger partial charge in [0.1, 0.15) is 0 Å². The van der Waals surface area contributed by atoms with E-state index in [-0.39, 0.29) is 24.4 Å². The van der Waals surface area contributed by atoms with Gasteiger partial charge in [0.25, 0.3) is 0 Å². The third-order valence-corrected chi connectivity index (χ3v) is 17.2. The van der Waals surface area contributed by atoms with Crippen molar-refractivity contribution in [2.45, 2.75) is 143 Å². The zero-order chi connectivity index (χ0) is 24.0.